The van der Waals surface area contributed by atoms with E-state index in [1.165, 1.54) is 5.56 Å². The number of rotatable bonds is 10. The molecule has 0 saturated carbocycles. The first-order chi connectivity index (χ1) is 13.1. The fourth-order valence-corrected chi connectivity index (χ4v) is 2.60. The summed E-state index contributed by atoms with van der Waals surface area (Å²) in [6, 6.07) is 14.8. The van der Waals surface area contributed by atoms with Crippen molar-refractivity contribution in [1.82, 2.24) is 0 Å². The van der Waals surface area contributed by atoms with Gasteiger partial charge in [-0.3, -0.25) is 9.59 Å². The van der Waals surface area contributed by atoms with E-state index in [2.05, 4.69) is 24.5 Å². The molecule has 144 valence electrons. The summed E-state index contributed by atoms with van der Waals surface area (Å²) in [4.78, 5) is 24.0. The lowest BCUT2D eigenvalue weighted by Crippen LogP contribution is -2.20. The number of benzene rings is 2. The van der Waals surface area contributed by atoms with Gasteiger partial charge in [-0.2, -0.15) is 0 Å². The number of unbranched alkanes of at least 4 members (excludes halogenated alkanes) is 2. The molecule has 0 aliphatic rings. The van der Waals surface area contributed by atoms with E-state index in [1.807, 2.05) is 24.3 Å². The van der Waals surface area contributed by atoms with Gasteiger partial charge in [0.05, 0.1) is 0 Å². The SMILES string of the molecule is CCCCCC(=O)Nc1cccc(NC(=O)COc2ccc(CC)cc2)c1. The zero-order valence-corrected chi connectivity index (χ0v) is 16.1. The first-order valence-electron chi connectivity index (χ1n) is 9.52. The van der Waals surface area contributed by atoms with Gasteiger partial charge in [0.15, 0.2) is 6.61 Å². The Labute approximate surface area is 161 Å². The predicted octanol–water partition coefficient (Wildman–Crippen LogP) is 4.79. The van der Waals surface area contributed by atoms with E-state index in [-0.39, 0.29) is 18.4 Å². The third-order valence-corrected chi connectivity index (χ3v) is 4.14. The van der Waals surface area contributed by atoms with E-state index in [0.717, 1.165) is 25.7 Å². The van der Waals surface area contributed by atoms with E-state index in [0.29, 0.717) is 23.5 Å². The van der Waals surface area contributed by atoms with Crippen molar-refractivity contribution in [3.05, 3.63) is 54.1 Å². The highest BCUT2D eigenvalue weighted by Gasteiger charge is 2.06. The van der Waals surface area contributed by atoms with Gasteiger partial charge < -0.3 is 15.4 Å². The van der Waals surface area contributed by atoms with Crippen LogP contribution in [0.4, 0.5) is 11.4 Å². The molecule has 0 saturated heterocycles. The van der Waals surface area contributed by atoms with Crippen LogP contribution in [0.1, 0.15) is 45.1 Å². The molecule has 0 aliphatic carbocycles. The first kappa shape index (κ1) is 20.5. The van der Waals surface area contributed by atoms with Crippen molar-refractivity contribution in [2.75, 3.05) is 17.2 Å². The summed E-state index contributed by atoms with van der Waals surface area (Å²) < 4.78 is 5.51. The molecule has 0 aromatic heterocycles. The highest BCUT2D eigenvalue weighted by molar-refractivity contribution is 5.94. The smallest absolute Gasteiger partial charge is 0.262 e. The van der Waals surface area contributed by atoms with E-state index in [9.17, 15) is 9.59 Å². The van der Waals surface area contributed by atoms with Crippen molar-refractivity contribution in [2.24, 2.45) is 0 Å². The maximum absolute atomic E-state index is 12.1. The highest BCUT2D eigenvalue weighted by atomic mass is 16.5. The fraction of sp³-hybridized carbons (Fsp3) is 0.364. The van der Waals surface area contributed by atoms with Crippen LogP contribution in [-0.4, -0.2) is 18.4 Å². The van der Waals surface area contributed by atoms with Gasteiger partial charge in [-0.1, -0.05) is 44.9 Å². The van der Waals surface area contributed by atoms with Crippen LogP contribution in [0, 0.1) is 0 Å². The summed E-state index contributed by atoms with van der Waals surface area (Å²) >= 11 is 0. The number of carbonyl (C=O) groups is 2. The average Bonchev–Trinajstić information content (AvgIpc) is 2.67. The van der Waals surface area contributed by atoms with Crippen molar-refractivity contribution in [1.29, 1.82) is 0 Å². The van der Waals surface area contributed by atoms with Gasteiger partial charge in [0, 0.05) is 17.8 Å². The van der Waals surface area contributed by atoms with Crippen molar-refractivity contribution in [3.8, 4) is 5.75 Å². The highest BCUT2D eigenvalue weighted by Crippen LogP contribution is 2.16. The van der Waals surface area contributed by atoms with Gasteiger partial charge >= 0.3 is 0 Å². The van der Waals surface area contributed by atoms with Crippen LogP contribution >= 0.6 is 0 Å². The number of carbonyl (C=O) groups excluding carboxylic acids is 2. The third-order valence-electron chi connectivity index (χ3n) is 4.14. The van der Waals surface area contributed by atoms with E-state index >= 15 is 0 Å². The number of aryl methyl sites for hydroxylation is 1. The third kappa shape index (κ3) is 7.52. The summed E-state index contributed by atoms with van der Waals surface area (Å²) in [6.07, 6.45) is 4.49. The Bertz CT molecular complexity index is 741. The Balaban J connectivity index is 1.81. The normalized spacial score (nSPS) is 10.3. The molecule has 27 heavy (non-hydrogen) atoms. The molecule has 0 fully saturated rings. The van der Waals surface area contributed by atoms with E-state index in [4.69, 9.17) is 4.74 Å². The lowest BCUT2D eigenvalue weighted by molar-refractivity contribution is -0.118. The maximum atomic E-state index is 12.1. The minimum absolute atomic E-state index is 0.00853. The largest absolute Gasteiger partial charge is 0.484 e. The van der Waals surface area contributed by atoms with Crippen LogP contribution in [0.25, 0.3) is 0 Å². The van der Waals surface area contributed by atoms with Crippen LogP contribution in [0.2, 0.25) is 0 Å². The molecule has 5 nitrogen and oxygen atoms in total. The minimum atomic E-state index is -0.249. The van der Waals surface area contributed by atoms with Gasteiger partial charge in [-0.25, -0.2) is 0 Å². The summed E-state index contributed by atoms with van der Waals surface area (Å²) in [5, 5.41) is 5.65. The quantitative estimate of drug-likeness (QED) is 0.593. The van der Waals surface area contributed by atoms with Gasteiger partial charge in [0.25, 0.3) is 5.91 Å². The van der Waals surface area contributed by atoms with Gasteiger partial charge in [-0.15, -0.1) is 0 Å². The van der Waals surface area contributed by atoms with Gasteiger partial charge in [0.2, 0.25) is 5.91 Å². The zero-order valence-electron chi connectivity index (χ0n) is 16.1. The summed E-state index contributed by atoms with van der Waals surface area (Å²) in [5.41, 5.74) is 2.52. The lowest BCUT2D eigenvalue weighted by atomic mass is 10.2. The Hall–Kier alpha value is -2.82. The Kier molecular flexibility index (Phi) is 8.36. The van der Waals surface area contributed by atoms with Crippen molar-refractivity contribution in [3.63, 3.8) is 0 Å². The molecule has 2 rings (SSSR count). The van der Waals surface area contributed by atoms with E-state index < -0.39 is 0 Å². The second-order valence-corrected chi connectivity index (χ2v) is 6.42. The zero-order chi connectivity index (χ0) is 19.5. The summed E-state index contributed by atoms with van der Waals surface area (Å²) in [5.74, 6) is 0.405. The molecule has 5 heteroatoms. The molecule has 0 spiro atoms. The number of hydrogen-bond donors (Lipinski definition) is 2. The van der Waals surface area contributed by atoms with Crippen LogP contribution in [0.5, 0.6) is 5.75 Å². The second kappa shape index (κ2) is 11.0. The van der Waals surface area contributed by atoms with E-state index in [1.54, 1.807) is 24.3 Å². The average molecular weight is 368 g/mol. The fourth-order valence-electron chi connectivity index (χ4n) is 2.60. The molecule has 2 N–H and O–H groups in total. The molecule has 0 heterocycles. The molecular formula is C22H28N2O3. The van der Waals surface area contributed by atoms with Crippen LogP contribution in [0.15, 0.2) is 48.5 Å². The van der Waals surface area contributed by atoms with Crippen molar-refractivity contribution < 1.29 is 14.3 Å². The van der Waals surface area contributed by atoms with Crippen LogP contribution in [-0.2, 0) is 16.0 Å². The van der Waals surface area contributed by atoms with Gasteiger partial charge in [0.1, 0.15) is 5.75 Å². The van der Waals surface area contributed by atoms with Crippen LogP contribution < -0.4 is 15.4 Å². The van der Waals surface area contributed by atoms with Crippen LogP contribution in [0.3, 0.4) is 0 Å². The first-order valence-corrected chi connectivity index (χ1v) is 9.52. The topological polar surface area (TPSA) is 67.4 Å². The molecule has 0 aliphatic heterocycles. The number of anilines is 2. The molecule has 2 aromatic carbocycles. The monoisotopic (exact) mass is 368 g/mol. The Morgan fingerprint density at radius 2 is 1.56 bits per heavy atom. The minimum Gasteiger partial charge on any atom is -0.484 e. The second-order valence-electron chi connectivity index (χ2n) is 6.42. The number of nitrogens with one attached hydrogen (secondary N) is 2. The number of ether oxygens (including phenoxy) is 1. The van der Waals surface area contributed by atoms with Crippen molar-refractivity contribution in [2.45, 2.75) is 46.0 Å². The lowest BCUT2D eigenvalue weighted by Gasteiger charge is -2.10. The predicted molar refractivity (Wildman–Crippen MR) is 109 cm³/mol. The Morgan fingerprint density at radius 1 is 0.889 bits per heavy atom. The number of amides is 2. The molecule has 0 radical (unpaired) electrons. The Morgan fingerprint density at radius 3 is 2.19 bits per heavy atom. The number of hydrogen-bond acceptors (Lipinski definition) is 3. The maximum Gasteiger partial charge on any atom is 0.262 e. The molecule has 2 amide bonds. The molecular weight excluding hydrogens is 340 g/mol. The van der Waals surface area contributed by atoms with Gasteiger partial charge in [-0.05, 0) is 48.7 Å². The summed E-state index contributed by atoms with van der Waals surface area (Å²) in [6.45, 7) is 4.12. The molecule has 0 bridgehead atoms. The molecule has 2 aromatic rings. The van der Waals surface area contributed by atoms with Crippen molar-refractivity contribution >= 4 is 23.2 Å². The molecule has 0 unspecified atom stereocenters. The standard InChI is InChI=1S/C22H28N2O3/c1-3-5-6-10-21(25)23-18-8-7-9-19(15-18)24-22(26)16-27-20-13-11-17(4-2)12-14-20/h7-9,11-15H,3-6,10,16H2,1-2H3,(H,23,25)(H,24,26). The molecule has 0 atom stereocenters. The summed E-state index contributed by atoms with van der Waals surface area (Å²) in [7, 11) is 0.